The first-order chi connectivity index (χ1) is 14.0. The molecule has 1 saturated carbocycles. The molecule has 2 unspecified atom stereocenters. The van der Waals surface area contributed by atoms with Crippen LogP contribution >= 0.6 is 0 Å². The van der Waals surface area contributed by atoms with Gasteiger partial charge in [-0.25, -0.2) is 9.98 Å². The van der Waals surface area contributed by atoms with Crippen molar-refractivity contribution >= 4 is 17.7 Å². The zero-order valence-electron chi connectivity index (χ0n) is 17.8. The number of hydrogen-bond donors (Lipinski definition) is 3. The number of rotatable bonds is 8. The topological polar surface area (TPSA) is 90.9 Å². The van der Waals surface area contributed by atoms with Crippen LogP contribution in [0.1, 0.15) is 39.2 Å². The van der Waals surface area contributed by atoms with E-state index in [0.717, 1.165) is 49.8 Å². The summed E-state index contributed by atoms with van der Waals surface area (Å²) in [6, 6.07) is 4.14. The van der Waals surface area contributed by atoms with Gasteiger partial charge in [-0.3, -0.25) is 4.79 Å². The molecule has 2 fully saturated rings. The number of nitrogens with one attached hydrogen (secondary N) is 3. The van der Waals surface area contributed by atoms with Gasteiger partial charge in [-0.15, -0.1) is 0 Å². The van der Waals surface area contributed by atoms with Crippen LogP contribution in [-0.4, -0.2) is 61.8 Å². The molecule has 1 aliphatic carbocycles. The Kier molecular flexibility index (Phi) is 7.69. The van der Waals surface area contributed by atoms with Gasteiger partial charge in [0.15, 0.2) is 5.96 Å². The lowest BCUT2D eigenvalue weighted by molar-refractivity contribution is -0.122. The van der Waals surface area contributed by atoms with E-state index in [0.29, 0.717) is 19.6 Å². The van der Waals surface area contributed by atoms with Crippen LogP contribution in [0.3, 0.4) is 0 Å². The SMILES string of the molecule is CCNC(=NCc1ccc(N2CC(C)OC(C)C2)nc1)NCCNC(=O)C1CC1. The highest BCUT2D eigenvalue weighted by atomic mass is 16.5. The maximum atomic E-state index is 11.7. The van der Waals surface area contributed by atoms with Crippen molar-refractivity contribution in [1.82, 2.24) is 20.9 Å². The first-order valence-electron chi connectivity index (χ1n) is 10.7. The van der Waals surface area contributed by atoms with E-state index in [1.165, 1.54) is 0 Å². The molecule has 29 heavy (non-hydrogen) atoms. The van der Waals surface area contributed by atoms with Crippen molar-refractivity contribution in [2.24, 2.45) is 10.9 Å². The first-order valence-corrected chi connectivity index (χ1v) is 10.7. The van der Waals surface area contributed by atoms with Gasteiger partial charge in [-0.05, 0) is 45.2 Å². The van der Waals surface area contributed by atoms with E-state index in [1.54, 1.807) is 0 Å². The number of guanidine groups is 1. The number of anilines is 1. The number of nitrogens with zero attached hydrogens (tertiary/aromatic N) is 3. The Balaban J connectivity index is 1.47. The average molecular weight is 403 g/mol. The molecule has 1 aromatic heterocycles. The summed E-state index contributed by atoms with van der Waals surface area (Å²) < 4.78 is 5.79. The fourth-order valence-corrected chi connectivity index (χ4v) is 3.43. The molecular weight excluding hydrogens is 368 g/mol. The Morgan fingerprint density at radius 2 is 1.90 bits per heavy atom. The molecule has 0 aromatic carbocycles. The number of carbonyl (C=O) groups excluding carboxylic acids is 1. The van der Waals surface area contributed by atoms with E-state index in [9.17, 15) is 4.79 Å². The molecule has 8 heteroatoms. The second kappa shape index (κ2) is 10.4. The van der Waals surface area contributed by atoms with Crippen LogP contribution in [0.25, 0.3) is 0 Å². The number of morpholine rings is 1. The number of hydrogen-bond acceptors (Lipinski definition) is 5. The summed E-state index contributed by atoms with van der Waals surface area (Å²) in [6.07, 6.45) is 4.38. The number of carbonyl (C=O) groups is 1. The van der Waals surface area contributed by atoms with Crippen molar-refractivity contribution in [2.75, 3.05) is 37.6 Å². The van der Waals surface area contributed by atoms with Crippen molar-refractivity contribution in [3.05, 3.63) is 23.9 Å². The highest BCUT2D eigenvalue weighted by Gasteiger charge is 2.29. The van der Waals surface area contributed by atoms with Crippen molar-refractivity contribution in [3.63, 3.8) is 0 Å². The van der Waals surface area contributed by atoms with Gasteiger partial charge in [0, 0.05) is 44.8 Å². The minimum Gasteiger partial charge on any atom is -0.372 e. The molecule has 3 N–H and O–H groups in total. The molecular formula is C21H34N6O2. The third-order valence-corrected chi connectivity index (χ3v) is 4.98. The van der Waals surface area contributed by atoms with E-state index >= 15 is 0 Å². The lowest BCUT2D eigenvalue weighted by Gasteiger charge is -2.36. The van der Waals surface area contributed by atoms with Crippen LogP contribution in [-0.2, 0) is 16.1 Å². The Labute approximate surface area is 173 Å². The standard InChI is InChI=1S/C21H34N6O2/c1-4-22-21(24-10-9-23-20(28)18-6-7-18)26-12-17-5-8-19(25-11-17)27-13-15(2)29-16(3)14-27/h5,8,11,15-16,18H,4,6-7,9-10,12-14H2,1-3H3,(H,23,28)(H2,22,24,26). The summed E-state index contributed by atoms with van der Waals surface area (Å²) in [7, 11) is 0. The molecule has 1 aromatic rings. The second-order valence-electron chi connectivity index (χ2n) is 7.87. The summed E-state index contributed by atoms with van der Waals surface area (Å²) in [5, 5.41) is 9.44. The maximum Gasteiger partial charge on any atom is 0.223 e. The van der Waals surface area contributed by atoms with Gasteiger partial charge in [0.2, 0.25) is 5.91 Å². The highest BCUT2D eigenvalue weighted by molar-refractivity contribution is 5.81. The predicted octanol–water partition coefficient (Wildman–Crippen LogP) is 1.28. The number of aromatic nitrogens is 1. The molecule has 160 valence electrons. The summed E-state index contributed by atoms with van der Waals surface area (Å²) in [6.45, 7) is 10.5. The molecule has 2 atom stereocenters. The zero-order chi connectivity index (χ0) is 20.6. The quantitative estimate of drug-likeness (QED) is 0.345. The van der Waals surface area contributed by atoms with Crippen molar-refractivity contribution in [3.8, 4) is 0 Å². The Morgan fingerprint density at radius 1 is 1.17 bits per heavy atom. The normalized spacial score (nSPS) is 22.3. The van der Waals surface area contributed by atoms with Gasteiger partial charge in [-0.2, -0.15) is 0 Å². The lowest BCUT2D eigenvalue weighted by Crippen LogP contribution is -2.45. The van der Waals surface area contributed by atoms with Crippen LogP contribution in [0.15, 0.2) is 23.3 Å². The molecule has 0 spiro atoms. The zero-order valence-corrected chi connectivity index (χ0v) is 17.8. The predicted molar refractivity (Wildman–Crippen MR) is 115 cm³/mol. The van der Waals surface area contributed by atoms with E-state index in [-0.39, 0.29) is 24.0 Å². The number of aliphatic imine (C=N–C) groups is 1. The fourth-order valence-electron chi connectivity index (χ4n) is 3.43. The molecule has 8 nitrogen and oxygen atoms in total. The largest absolute Gasteiger partial charge is 0.372 e. The minimum atomic E-state index is 0.170. The van der Waals surface area contributed by atoms with Crippen molar-refractivity contribution in [2.45, 2.75) is 52.4 Å². The summed E-state index contributed by atoms with van der Waals surface area (Å²) >= 11 is 0. The molecule has 2 heterocycles. The van der Waals surface area contributed by atoms with Gasteiger partial charge in [0.05, 0.1) is 18.8 Å². The summed E-state index contributed by atoms with van der Waals surface area (Å²) in [5.74, 6) is 2.14. The third-order valence-electron chi connectivity index (χ3n) is 4.98. The van der Waals surface area contributed by atoms with E-state index in [4.69, 9.17) is 4.74 Å². The maximum absolute atomic E-state index is 11.7. The van der Waals surface area contributed by atoms with Gasteiger partial charge in [-0.1, -0.05) is 6.07 Å². The van der Waals surface area contributed by atoms with Gasteiger partial charge in [0.25, 0.3) is 0 Å². The minimum absolute atomic E-state index is 0.170. The van der Waals surface area contributed by atoms with E-state index < -0.39 is 0 Å². The van der Waals surface area contributed by atoms with Crippen LogP contribution in [0, 0.1) is 5.92 Å². The summed E-state index contributed by atoms with van der Waals surface area (Å²) in [5.41, 5.74) is 1.06. The van der Waals surface area contributed by atoms with Crippen molar-refractivity contribution < 1.29 is 9.53 Å². The Morgan fingerprint density at radius 3 is 2.52 bits per heavy atom. The Bertz CT molecular complexity index is 679. The van der Waals surface area contributed by atoms with Crippen LogP contribution in [0.4, 0.5) is 5.82 Å². The van der Waals surface area contributed by atoms with E-state index in [2.05, 4.69) is 56.8 Å². The van der Waals surface area contributed by atoms with E-state index in [1.807, 2.05) is 13.1 Å². The molecule has 0 bridgehead atoms. The summed E-state index contributed by atoms with van der Waals surface area (Å²) in [4.78, 5) is 23.2. The molecule has 1 amide bonds. The Hall–Kier alpha value is -2.35. The van der Waals surface area contributed by atoms with Gasteiger partial charge in [0.1, 0.15) is 5.82 Å². The van der Waals surface area contributed by atoms with Crippen LogP contribution in [0.5, 0.6) is 0 Å². The number of ether oxygens (including phenoxy) is 1. The smallest absolute Gasteiger partial charge is 0.223 e. The molecule has 1 saturated heterocycles. The number of pyridine rings is 1. The van der Waals surface area contributed by atoms with Crippen LogP contribution < -0.4 is 20.9 Å². The van der Waals surface area contributed by atoms with Gasteiger partial charge >= 0.3 is 0 Å². The molecule has 0 radical (unpaired) electrons. The van der Waals surface area contributed by atoms with Crippen LogP contribution in [0.2, 0.25) is 0 Å². The lowest BCUT2D eigenvalue weighted by atomic mass is 10.2. The number of amides is 1. The van der Waals surface area contributed by atoms with Crippen molar-refractivity contribution in [1.29, 1.82) is 0 Å². The average Bonchev–Trinajstić information content (AvgIpc) is 3.54. The monoisotopic (exact) mass is 402 g/mol. The van der Waals surface area contributed by atoms with Gasteiger partial charge < -0.3 is 25.6 Å². The fraction of sp³-hybridized carbons (Fsp3) is 0.667. The molecule has 3 rings (SSSR count). The highest BCUT2D eigenvalue weighted by Crippen LogP contribution is 2.28. The molecule has 2 aliphatic rings. The first kappa shape index (κ1) is 21.4. The molecule has 1 aliphatic heterocycles. The third kappa shape index (κ3) is 6.88. The second-order valence-corrected chi connectivity index (χ2v) is 7.87.